The first-order chi connectivity index (χ1) is 8.24. The summed E-state index contributed by atoms with van der Waals surface area (Å²) in [7, 11) is 0. The van der Waals surface area contributed by atoms with Crippen LogP contribution in [0.15, 0.2) is 45.6 Å². The van der Waals surface area contributed by atoms with Crippen LogP contribution >= 0.6 is 23.1 Å². The average molecular weight is 266 g/mol. The van der Waals surface area contributed by atoms with Crippen LogP contribution in [0.5, 0.6) is 0 Å². The number of aromatic nitrogens is 1. The zero-order valence-corrected chi connectivity index (χ0v) is 10.5. The summed E-state index contributed by atoms with van der Waals surface area (Å²) in [6.45, 7) is 0.134. The van der Waals surface area contributed by atoms with E-state index in [2.05, 4.69) is 9.72 Å². The van der Waals surface area contributed by atoms with Crippen molar-refractivity contribution < 1.29 is 9.53 Å². The Morgan fingerprint density at radius 1 is 1.41 bits per heavy atom. The van der Waals surface area contributed by atoms with E-state index in [0.29, 0.717) is 0 Å². The van der Waals surface area contributed by atoms with Crippen molar-refractivity contribution in [2.45, 2.75) is 15.7 Å². The third kappa shape index (κ3) is 3.76. The van der Waals surface area contributed by atoms with Crippen molar-refractivity contribution in [3.05, 3.63) is 41.5 Å². The van der Waals surface area contributed by atoms with Crippen LogP contribution < -0.4 is 5.73 Å². The van der Waals surface area contributed by atoms with Gasteiger partial charge in [0, 0.05) is 4.90 Å². The summed E-state index contributed by atoms with van der Waals surface area (Å²) in [5.41, 5.74) is 4.88. The number of amides is 1. The molecule has 2 aromatic rings. The molecule has 0 unspecified atom stereocenters. The highest BCUT2D eigenvalue weighted by Crippen LogP contribution is 2.31. The van der Waals surface area contributed by atoms with E-state index in [0.717, 1.165) is 14.1 Å². The lowest BCUT2D eigenvalue weighted by Gasteiger charge is -1.96. The smallest absolute Gasteiger partial charge is 0.404 e. The molecule has 4 nitrogen and oxygen atoms in total. The summed E-state index contributed by atoms with van der Waals surface area (Å²) >= 11 is 3.12. The second kappa shape index (κ2) is 5.70. The number of rotatable bonds is 4. The van der Waals surface area contributed by atoms with Gasteiger partial charge in [-0.2, -0.15) is 0 Å². The maximum atomic E-state index is 10.4. The Morgan fingerprint density at radius 3 is 2.88 bits per heavy atom. The minimum atomic E-state index is -0.780. The molecule has 0 bridgehead atoms. The molecule has 1 amide bonds. The van der Waals surface area contributed by atoms with E-state index >= 15 is 0 Å². The second-order valence-electron chi connectivity index (χ2n) is 3.10. The first kappa shape index (κ1) is 11.9. The molecule has 0 atom stereocenters. The maximum absolute atomic E-state index is 10.4. The zero-order chi connectivity index (χ0) is 12.1. The monoisotopic (exact) mass is 266 g/mol. The van der Waals surface area contributed by atoms with E-state index in [1.165, 1.54) is 11.3 Å². The van der Waals surface area contributed by atoms with Crippen LogP contribution in [-0.2, 0) is 11.3 Å². The summed E-state index contributed by atoms with van der Waals surface area (Å²) in [4.78, 5) is 15.7. The van der Waals surface area contributed by atoms with E-state index in [4.69, 9.17) is 5.73 Å². The fraction of sp³-hybridized carbons (Fsp3) is 0.0909. The maximum Gasteiger partial charge on any atom is 0.404 e. The molecule has 0 spiro atoms. The van der Waals surface area contributed by atoms with Crippen molar-refractivity contribution in [2.75, 3.05) is 0 Å². The fourth-order valence-electron chi connectivity index (χ4n) is 1.14. The Kier molecular flexibility index (Phi) is 4.00. The third-order valence-corrected chi connectivity index (χ3v) is 3.91. The summed E-state index contributed by atoms with van der Waals surface area (Å²) in [5.74, 6) is 0. The van der Waals surface area contributed by atoms with Crippen molar-refractivity contribution in [1.82, 2.24) is 4.98 Å². The Morgan fingerprint density at radius 2 is 2.18 bits per heavy atom. The van der Waals surface area contributed by atoms with E-state index in [1.54, 1.807) is 18.0 Å². The predicted molar refractivity (Wildman–Crippen MR) is 67.1 cm³/mol. The molecule has 88 valence electrons. The van der Waals surface area contributed by atoms with Gasteiger partial charge in [0.2, 0.25) is 0 Å². The Bertz CT molecular complexity index is 499. The van der Waals surface area contributed by atoms with Gasteiger partial charge in [-0.25, -0.2) is 9.78 Å². The normalized spacial score (nSPS) is 10.1. The van der Waals surface area contributed by atoms with Gasteiger partial charge in [-0.3, -0.25) is 0 Å². The molecule has 1 aromatic carbocycles. The molecule has 2 N–H and O–H groups in total. The van der Waals surface area contributed by atoms with Gasteiger partial charge in [0.15, 0.2) is 0 Å². The van der Waals surface area contributed by atoms with Gasteiger partial charge >= 0.3 is 6.09 Å². The number of primary amides is 1. The molecular formula is C11H10N2O2S2. The Balaban J connectivity index is 1.97. The van der Waals surface area contributed by atoms with E-state index in [-0.39, 0.29) is 6.61 Å². The lowest BCUT2D eigenvalue weighted by Crippen LogP contribution is -2.12. The summed E-state index contributed by atoms with van der Waals surface area (Å²) in [6.07, 6.45) is 0.986. The Hall–Kier alpha value is -1.53. The molecule has 0 radical (unpaired) electrons. The first-order valence-corrected chi connectivity index (χ1v) is 6.47. The molecule has 0 saturated heterocycles. The van der Waals surface area contributed by atoms with Crippen molar-refractivity contribution >= 4 is 29.2 Å². The molecule has 6 heteroatoms. The number of ether oxygens (including phenoxy) is 1. The number of nitrogens with two attached hydrogens (primary N) is 1. The highest BCUT2D eigenvalue weighted by atomic mass is 32.2. The number of hydrogen-bond donors (Lipinski definition) is 1. The van der Waals surface area contributed by atoms with Crippen LogP contribution in [-0.4, -0.2) is 11.1 Å². The van der Waals surface area contributed by atoms with E-state index in [9.17, 15) is 4.79 Å². The third-order valence-electron chi connectivity index (χ3n) is 1.83. The van der Waals surface area contributed by atoms with E-state index in [1.807, 2.05) is 30.3 Å². The molecule has 1 heterocycles. The van der Waals surface area contributed by atoms with Crippen LogP contribution in [0.2, 0.25) is 0 Å². The standard InChI is InChI=1S/C11H10N2O2S2/c12-11(14)15-7-9-13-6-10(17-9)16-8-4-2-1-3-5-8/h1-6H,7H2,(H2,12,14). The van der Waals surface area contributed by atoms with Crippen molar-refractivity contribution in [3.8, 4) is 0 Å². The fourth-order valence-corrected chi connectivity index (χ4v) is 3.08. The lowest BCUT2D eigenvalue weighted by atomic mass is 10.4. The molecule has 1 aromatic heterocycles. The minimum Gasteiger partial charge on any atom is -0.442 e. The summed E-state index contributed by atoms with van der Waals surface area (Å²) < 4.78 is 5.72. The van der Waals surface area contributed by atoms with Crippen LogP contribution in [0.3, 0.4) is 0 Å². The van der Waals surface area contributed by atoms with Crippen LogP contribution in [0.4, 0.5) is 4.79 Å². The molecular weight excluding hydrogens is 256 g/mol. The predicted octanol–water partition coefficient (Wildman–Crippen LogP) is 2.89. The van der Waals surface area contributed by atoms with Crippen LogP contribution in [0.1, 0.15) is 5.01 Å². The number of thiazole rings is 1. The van der Waals surface area contributed by atoms with Gasteiger partial charge in [0.25, 0.3) is 0 Å². The molecule has 17 heavy (non-hydrogen) atoms. The molecule has 0 fully saturated rings. The van der Waals surface area contributed by atoms with Gasteiger partial charge in [0.05, 0.1) is 10.4 Å². The lowest BCUT2D eigenvalue weighted by molar-refractivity contribution is 0.150. The summed E-state index contributed by atoms with van der Waals surface area (Å²) in [6, 6.07) is 10.0. The van der Waals surface area contributed by atoms with Gasteiger partial charge < -0.3 is 10.5 Å². The van der Waals surface area contributed by atoms with Crippen molar-refractivity contribution in [3.63, 3.8) is 0 Å². The second-order valence-corrected chi connectivity index (χ2v) is 5.58. The van der Waals surface area contributed by atoms with Crippen molar-refractivity contribution in [1.29, 1.82) is 0 Å². The van der Waals surface area contributed by atoms with Crippen LogP contribution in [0.25, 0.3) is 0 Å². The number of carbonyl (C=O) groups excluding carboxylic acids is 1. The molecule has 0 aliphatic heterocycles. The molecule has 2 rings (SSSR count). The van der Waals surface area contributed by atoms with Gasteiger partial charge in [-0.15, -0.1) is 11.3 Å². The van der Waals surface area contributed by atoms with Crippen molar-refractivity contribution in [2.24, 2.45) is 5.73 Å². The molecule has 0 aliphatic carbocycles. The topological polar surface area (TPSA) is 65.2 Å². The van der Waals surface area contributed by atoms with Gasteiger partial charge in [-0.1, -0.05) is 30.0 Å². The average Bonchev–Trinajstić information content (AvgIpc) is 2.75. The number of hydrogen-bond acceptors (Lipinski definition) is 5. The van der Waals surface area contributed by atoms with Gasteiger partial charge in [-0.05, 0) is 12.1 Å². The number of nitrogens with zero attached hydrogens (tertiary/aromatic N) is 1. The summed E-state index contributed by atoms with van der Waals surface area (Å²) in [5, 5.41) is 0.738. The first-order valence-electron chi connectivity index (χ1n) is 4.84. The number of benzene rings is 1. The largest absolute Gasteiger partial charge is 0.442 e. The molecule has 0 aliphatic rings. The highest BCUT2D eigenvalue weighted by Gasteiger charge is 2.05. The minimum absolute atomic E-state index is 0.134. The van der Waals surface area contributed by atoms with Crippen LogP contribution in [0, 0.1) is 0 Å². The SMILES string of the molecule is NC(=O)OCc1ncc(Sc2ccccc2)s1. The highest BCUT2D eigenvalue weighted by molar-refractivity contribution is 8.01. The number of carbonyl (C=O) groups is 1. The van der Waals surface area contributed by atoms with E-state index < -0.39 is 6.09 Å². The van der Waals surface area contributed by atoms with Gasteiger partial charge in [0.1, 0.15) is 11.6 Å². The molecule has 0 saturated carbocycles. The Labute approximate surface area is 107 Å². The quantitative estimate of drug-likeness (QED) is 0.924. The zero-order valence-electron chi connectivity index (χ0n) is 8.83.